The van der Waals surface area contributed by atoms with Crippen molar-refractivity contribution >= 4 is 10.1 Å². The summed E-state index contributed by atoms with van der Waals surface area (Å²) >= 11 is 0. The predicted molar refractivity (Wildman–Crippen MR) is 96.7 cm³/mol. The Morgan fingerprint density at radius 1 is 1.04 bits per heavy atom. The summed E-state index contributed by atoms with van der Waals surface area (Å²) in [6.45, 7) is 15.2. The van der Waals surface area contributed by atoms with E-state index in [1.165, 1.54) is 6.92 Å². The van der Waals surface area contributed by atoms with Crippen LogP contribution in [0.4, 0.5) is 0 Å². The van der Waals surface area contributed by atoms with Crippen LogP contribution in [0.15, 0.2) is 34.8 Å². The first-order chi connectivity index (χ1) is 10.3. The van der Waals surface area contributed by atoms with E-state index in [0.717, 1.165) is 5.57 Å². The Morgan fingerprint density at radius 3 is 2.09 bits per heavy atom. The standard InChI is InChI=1S/C18H32O4S/c1-9-10-15(2)11-12-16(3)23(19,20)22-18(7,8)13-14-21-17(4,5)6/h9-12H,13-14H2,1-8H3/b10-9-,15-11-,16-12+. The molecule has 0 atom stereocenters. The minimum atomic E-state index is -3.76. The van der Waals surface area contributed by atoms with E-state index in [1.807, 2.05) is 46.8 Å². The lowest BCUT2D eigenvalue weighted by Gasteiger charge is -2.27. The zero-order valence-electron chi connectivity index (χ0n) is 15.8. The maximum Gasteiger partial charge on any atom is 0.293 e. The lowest BCUT2D eigenvalue weighted by atomic mass is 10.1. The summed E-state index contributed by atoms with van der Waals surface area (Å²) in [6, 6.07) is 0. The molecule has 0 bridgehead atoms. The molecule has 0 unspecified atom stereocenters. The van der Waals surface area contributed by atoms with Crippen molar-refractivity contribution in [1.82, 2.24) is 0 Å². The van der Waals surface area contributed by atoms with Crippen LogP contribution < -0.4 is 0 Å². The van der Waals surface area contributed by atoms with E-state index in [9.17, 15) is 8.42 Å². The van der Waals surface area contributed by atoms with Gasteiger partial charge in [-0.25, -0.2) is 0 Å². The first-order valence-electron chi connectivity index (χ1n) is 7.86. The Kier molecular flexibility index (Phi) is 8.46. The summed E-state index contributed by atoms with van der Waals surface area (Å²) in [7, 11) is -3.76. The average Bonchev–Trinajstić information content (AvgIpc) is 2.32. The van der Waals surface area contributed by atoms with Gasteiger partial charge in [-0.15, -0.1) is 0 Å². The van der Waals surface area contributed by atoms with Crippen molar-refractivity contribution < 1.29 is 17.3 Å². The molecule has 0 N–H and O–H groups in total. The molecule has 0 aromatic heterocycles. The van der Waals surface area contributed by atoms with Crippen LogP contribution in [0.1, 0.15) is 61.8 Å². The minimum absolute atomic E-state index is 0.186. The van der Waals surface area contributed by atoms with E-state index >= 15 is 0 Å². The summed E-state index contributed by atoms with van der Waals surface area (Å²) in [4.78, 5) is 0.186. The summed E-state index contributed by atoms with van der Waals surface area (Å²) in [5, 5.41) is 0. The van der Waals surface area contributed by atoms with Crippen LogP contribution in [0.2, 0.25) is 0 Å². The van der Waals surface area contributed by atoms with Crippen LogP contribution in [-0.4, -0.2) is 26.2 Å². The Hall–Kier alpha value is -0.910. The van der Waals surface area contributed by atoms with Gasteiger partial charge in [0.25, 0.3) is 10.1 Å². The Balaban J connectivity index is 4.89. The molecular formula is C18H32O4S. The molecule has 5 heteroatoms. The molecule has 0 fully saturated rings. The van der Waals surface area contributed by atoms with Crippen LogP contribution in [0.3, 0.4) is 0 Å². The van der Waals surface area contributed by atoms with Crippen molar-refractivity contribution in [1.29, 1.82) is 0 Å². The van der Waals surface area contributed by atoms with Gasteiger partial charge < -0.3 is 4.74 Å². The number of allylic oxidation sites excluding steroid dienone is 6. The molecule has 4 nitrogen and oxygen atoms in total. The van der Waals surface area contributed by atoms with E-state index in [4.69, 9.17) is 8.92 Å². The average molecular weight is 345 g/mol. The van der Waals surface area contributed by atoms with Gasteiger partial charge in [-0.1, -0.05) is 23.8 Å². The molecule has 0 aliphatic heterocycles. The summed E-state index contributed by atoms with van der Waals surface area (Å²) in [5.41, 5.74) is -0.0962. The van der Waals surface area contributed by atoms with Gasteiger partial charge in [-0.3, -0.25) is 4.18 Å². The van der Waals surface area contributed by atoms with Crippen molar-refractivity contribution in [2.45, 2.75) is 73.0 Å². The lowest BCUT2D eigenvalue weighted by Crippen LogP contribution is -2.31. The summed E-state index contributed by atoms with van der Waals surface area (Å²) in [6.07, 6.45) is 7.62. The van der Waals surface area contributed by atoms with Crippen LogP contribution in [0.25, 0.3) is 0 Å². The maximum absolute atomic E-state index is 12.3. The molecule has 0 aliphatic carbocycles. The van der Waals surface area contributed by atoms with E-state index in [1.54, 1.807) is 26.0 Å². The molecule has 0 aliphatic rings. The van der Waals surface area contributed by atoms with Gasteiger partial charge in [-0.2, -0.15) is 8.42 Å². The molecule has 134 valence electrons. The van der Waals surface area contributed by atoms with Crippen molar-refractivity contribution in [3.8, 4) is 0 Å². The highest BCUT2D eigenvalue weighted by Crippen LogP contribution is 2.23. The molecule has 0 radical (unpaired) electrons. The van der Waals surface area contributed by atoms with Crippen molar-refractivity contribution in [2.75, 3.05) is 6.61 Å². The smallest absolute Gasteiger partial charge is 0.293 e. The highest BCUT2D eigenvalue weighted by molar-refractivity contribution is 7.90. The van der Waals surface area contributed by atoms with Crippen LogP contribution in [0.5, 0.6) is 0 Å². The number of rotatable bonds is 8. The number of hydrogen-bond donors (Lipinski definition) is 0. The van der Waals surface area contributed by atoms with Gasteiger partial charge in [0, 0.05) is 6.42 Å². The second kappa shape index (κ2) is 8.81. The molecule has 0 heterocycles. The predicted octanol–water partition coefficient (Wildman–Crippen LogP) is 4.74. The first kappa shape index (κ1) is 22.1. The van der Waals surface area contributed by atoms with Crippen LogP contribution >= 0.6 is 0 Å². The molecule has 0 aromatic rings. The van der Waals surface area contributed by atoms with Crippen molar-refractivity contribution in [3.63, 3.8) is 0 Å². The van der Waals surface area contributed by atoms with Gasteiger partial charge in [0.2, 0.25) is 0 Å². The minimum Gasteiger partial charge on any atom is -0.376 e. The summed E-state index contributed by atoms with van der Waals surface area (Å²) < 4.78 is 35.6. The third-order valence-corrected chi connectivity index (χ3v) is 4.57. The van der Waals surface area contributed by atoms with Gasteiger partial charge in [-0.05, 0) is 61.5 Å². The highest BCUT2D eigenvalue weighted by Gasteiger charge is 2.28. The van der Waals surface area contributed by atoms with Crippen LogP contribution in [-0.2, 0) is 19.0 Å². The van der Waals surface area contributed by atoms with E-state index in [-0.39, 0.29) is 10.5 Å². The molecule has 0 aromatic carbocycles. The number of ether oxygens (including phenoxy) is 1. The van der Waals surface area contributed by atoms with E-state index < -0.39 is 15.7 Å². The largest absolute Gasteiger partial charge is 0.376 e. The molecule has 0 saturated carbocycles. The third kappa shape index (κ3) is 10.5. The Bertz CT molecular complexity index is 558. The van der Waals surface area contributed by atoms with Crippen molar-refractivity contribution in [2.24, 2.45) is 0 Å². The Morgan fingerprint density at radius 2 is 1.61 bits per heavy atom. The second-order valence-electron chi connectivity index (χ2n) is 7.20. The van der Waals surface area contributed by atoms with Gasteiger partial charge in [0.15, 0.2) is 0 Å². The molecule has 23 heavy (non-hydrogen) atoms. The molecule has 0 rings (SSSR count). The fraction of sp³-hybridized carbons (Fsp3) is 0.667. The first-order valence-corrected chi connectivity index (χ1v) is 9.27. The van der Waals surface area contributed by atoms with E-state index in [2.05, 4.69) is 0 Å². The molecular weight excluding hydrogens is 312 g/mol. The van der Waals surface area contributed by atoms with Gasteiger partial charge in [0.05, 0.1) is 22.7 Å². The molecule has 0 amide bonds. The Labute approximate surface area is 142 Å². The molecule has 0 saturated heterocycles. The highest BCUT2D eigenvalue weighted by atomic mass is 32.2. The SMILES string of the molecule is C\C=C/C(C)=C\C=C(/C)S(=O)(=O)OC(C)(C)CCOC(C)(C)C. The van der Waals surface area contributed by atoms with E-state index in [0.29, 0.717) is 13.0 Å². The zero-order chi connectivity index (χ0) is 18.3. The second-order valence-corrected chi connectivity index (χ2v) is 8.91. The normalized spacial score (nSPS) is 15.5. The van der Waals surface area contributed by atoms with Crippen LogP contribution in [0, 0.1) is 0 Å². The summed E-state index contributed by atoms with van der Waals surface area (Å²) in [5.74, 6) is 0. The fourth-order valence-corrected chi connectivity index (χ4v) is 2.70. The van der Waals surface area contributed by atoms with Gasteiger partial charge >= 0.3 is 0 Å². The maximum atomic E-state index is 12.3. The topological polar surface area (TPSA) is 52.6 Å². The lowest BCUT2D eigenvalue weighted by molar-refractivity contribution is -0.0277. The zero-order valence-corrected chi connectivity index (χ0v) is 16.6. The van der Waals surface area contributed by atoms with Gasteiger partial charge in [0.1, 0.15) is 0 Å². The monoisotopic (exact) mass is 344 g/mol. The van der Waals surface area contributed by atoms with Crippen molar-refractivity contribution in [3.05, 3.63) is 34.8 Å². The molecule has 0 spiro atoms. The fourth-order valence-electron chi connectivity index (χ4n) is 1.66. The third-order valence-electron chi connectivity index (χ3n) is 2.98. The quantitative estimate of drug-likeness (QED) is 0.471. The number of hydrogen-bond acceptors (Lipinski definition) is 4.